The number of amides is 2. The van der Waals surface area contributed by atoms with Crippen LogP contribution < -0.4 is 25.4 Å². The number of rotatable bonds is 6. The van der Waals surface area contributed by atoms with Gasteiger partial charge in [-0.05, 0) is 25.1 Å². The van der Waals surface area contributed by atoms with Crippen molar-refractivity contribution >= 4 is 57.3 Å². The molecule has 0 aliphatic rings. The van der Waals surface area contributed by atoms with Crippen molar-refractivity contribution in [3.63, 3.8) is 0 Å². The minimum Gasteiger partial charge on any atom is -0.493 e. The van der Waals surface area contributed by atoms with Gasteiger partial charge in [-0.25, -0.2) is 14.8 Å². The molecule has 3 rings (SSSR count). The van der Waals surface area contributed by atoms with Crippen molar-refractivity contribution in [1.82, 2.24) is 15.3 Å². The van der Waals surface area contributed by atoms with Crippen LogP contribution in [0, 0.1) is 0 Å². The highest BCUT2D eigenvalue weighted by Crippen LogP contribution is 2.37. The first-order valence-corrected chi connectivity index (χ1v) is 9.40. The lowest BCUT2D eigenvalue weighted by molar-refractivity contribution is 0.252. The van der Waals surface area contributed by atoms with Gasteiger partial charge in [0.05, 0.1) is 41.2 Å². The van der Waals surface area contributed by atoms with E-state index < -0.39 is 0 Å². The van der Waals surface area contributed by atoms with Crippen molar-refractivity contribution in [2.45, 2.75) is 6.92 Å². The Morgan fingerprint density at radius 2 is 1.66 bits per heavy atom. The van der Waals surface area contributed by atoms with Gasteiger partial charge in [-0.1, -0.05) is 23.2 Å². The number of hydrogen-bond donors (Lipinski definition) is 3. The third-order valence-corrected chi connectivity index (χ3v) is 4.66. The number of urea groups is 1. The molecule has 0 saturated carbocycles. The van der Waals surface area contributed by atoms with Crippen molar-refractivity contribution in [3.05, 3.63) is 40.6 Å². The van der Waals surface area contributed by atoms with Crippen LogP contribution in [0.25, 0.3) is 10.9 Å². The molecule has 8 nitrogen and oxygen atoms in total. The molecule has 0 radical (unpaired) electrons. The van der Waals surface area contributed by atoms with Crippen molar-refractivity contribution in [2.75, 3.05) is 31.4 Å². The fourth-order valence-corrected chi connectivity index (χ4v) is 3.10. The van der Waals surface area contributed by atoms with Crippen LogP contribution in [0.3, 0.4) is 0 Å². The Kier molecular flexibility index (Phi) is 6.46. The van der Waals surface area contributed by atoms with Crippen LogP contribution in [0.2, 0.25) is 10.0 Å². The normalized spacial score (nSPS) is 10.5. The van der Waals surface area contributed by atoms with Crippen LogP contribution >= 0.6 is 23.2 Å². The van der Waals surface area contributed by atoms with Gasteiger partial charge in [-0.3, -0.25) is 0 Å². The van der Waals surface area contributed by atoms with E-state index in [-0.39, 0.29) is 6.03 Å². The van der Waals surface area contributed by atoms with E-state index in [0.29, 0.717) is 56.2 Å². The second-order valence-electron chi connectivity index (χ2n) is 5.87. The number of halogens is 2. The van der Waals surface area contributed by atoms with Crippen LogP contribution in [0.15, 0.2) is 30.6 Å². The Hall–Kier alpha value is -2.97. The van der Waals surface area contributed by atoms with E-state index >= 15 is 0 Å². The molecule has 2 aromatic carbocycles. The van der Waals surface area contributed by atoms with Gasteiger partial charge in [0.25, 0.3) is 0 Å². The first-order valence-electron chi connectivity index (χ1n) is 8.64. The van der Waals surface area contributed by atoms with Crippen molar-refractivity contribution in [1.29, 1.82) is 0 Å². The smallest absolute Gasteiger partial charge is 0.319 e. The lowest BCUT2D eigenvalue weighted by Crippen LogP contribution is -2.28. The van der Waals surface area contributed by atoms with Gasteiger partial charge < -0.3 is 25.4 Å². The van der Waals surface area contributed by atoms with Crippen molar-refractivity contribution in [3.8, 4) is 11.5 Å². The van der Waals surface area contributed by atoms with Gasteiger partial charge in [0.15, 0.2) is 11.5 Å². The predicted octanol–water partition coefficient (Wildman–Crippen LogP) is 4.84. The molecule has 0 unspecified atom stereocenters. The molecule has 1 aromatic heterocycles. The molecule has 2 amide bonds. The second-order valence-corrected chi connectivity index (χ2v) is 6.68. The van der Waals surface area contributed by atoms with Gasteiger partial charge in [-0.15, -0.1) is 0 Å². The van der Waals surface area contributed by atoms with Gasteiger partial charge in [0.2, 0.25) is 0 Å². The summed E-state index contributed by atoms with van der Waals surface area (Å²) in [6.45, 7) is 2.31. The molecule has 3 aromatic rings. The molecule has 0 fully saturated rings. The van der Waals surface area contributed by atoms with Gasteiger partial charge >= 0.3 is 6.03 Å². The lowest BCUT2D eigenvalue weighted by Gasteiger charge is -2.14. The number of carbonyl (C=O) groups is 1. The first-order chi connectivity index (χ1) is 14.0. The minimum absolute atomic E-state index is 0.320. The molecule has 1 heterocycles. The lowest BCUT2D eigenvalue weighted by atomic mass is 10.2. The average molecular weight is 436 g/mol. The van der Waals surface area contributed by atoms with Crippen LogP contribution in [0.4, 0.5) is 22.0 Å². The summed E-state index contributed by atoms with van der Waals surface area (Å²) < 4.78 is 10.7. The van der Waals surface area contributed by atoms with Crippen molar-refractivity contribution in [2.24, 2.45) is 0 Å². The van der Waals surface area contributed by atoms with E-state index in [1.54, 1.807) is 38.5 Å². The number of aromatic nitrogens is 2. The van der Waals surface area contributed by atoms with E-state index in [4.69, 9.17) is 32.7 Å². The molecule has 0 aliphatic carbocycles. The number of anilines is 3. The SMILES string of the molecule is CCNC(=O)Nc1cc(Cl)c(Nc2ncnc3cc(OC)c(OC)cc23)cc1Cl. The molecule has 10 heteroatoms. The van der Waals surface area contributed by atoms with E-state index in [0.717, 1.165) is 0 Å². The van der Waals surface area contributed by atoms with Gasteiger partial charge in [0.1, 0.15) is 12.1 Å². The molecular weight excluding hydrogens is 417 g/mol. The third kappa shape index (κ3) is 4.55. The molecule has 3 N–H and O–H groups in total. The standard InChI is InChI=1S/C19H19Cl2N5O3/c1-4-22-19(27)26-15-7-11(20)14(6-12(15)21)25-18-10-5-16(28-2)17(29-3)8-13(10)23-9-24-18/h5-9H,4H2,1-3H3,(H2,22,26,27)(H,23,24,25). The summed E-state index contributed by atoms with van der Waals surface area (Å²) in [6.07, 6.45) is 1.43. The second kappa shape index (κ2) is 9.02. The van der Waals surface area contributed by atoms with Gasteiger partial charge in [-0.2, -0.15) is 0 Å². The number of hydrogen-bond acceptors (Lipinski definition) is 6. The summed E-state index contributed by atoms with van der Waals surface area (Å²) in [4.78, 5) is 20.3. The number of ether oxygens (including phenoxy) is 2. The molecule has 0 aliphatic heterocycles. The highest BCUT2D eigenvalue weighted by molar-refractivity contribution is 6.37. The van der Waals surface area contributed by atoms with Crippen molar-refractivity contribution < 1.29 is 14.3 Å². The largest absolute Gasteiger partial charge is 0.493 e. The van der Waals surface area contributed by atoms with E-state index in [2.05, 4.69) is 25.9 Å². The Labute approximate surface area is 177 Å². The molecule has 0 bridgehead atoms. The zero-order valence-electron chi connectivity index (χ0n) is 16.0. The average Bonchev–Trinajstić information content (AvgIpc) is 2.71. The number of nitrogens with zero attached hydrogens (tertiary/aromatic N) is 2. The number of methoxy groups -OCH3 is 2. The summed E-state index contributed by atoms with van der Waals surface area (Å²) in [5.41, 5.74) is 1.58. The zero-order chi connectivity index (χ0) is 21.0. The summed E-state index contributed by atoms with van der Waals surface area (Å²) >= 11 is 12.7. The van der Waals surface area contributed by atoms with E-state index in [1.807, 2.05) is 6.92 Å². The molecule has 0 spiro atoms. The number of carbonyl (C=O) groups excluding carboxylic acids is 1. The van der Waals surface area contributed by atoms with Crippen LogP contribution in [0.1, 0.15) is 6.92 Å². The summed E-state index contributed by atoms with van der Waals surface area (Å²) in [7, 11) is 3.11. The maximum absolute atomic E-state index is 11.7. The Balaban J connectivity index is 1.96. The highest BCUT2D eigenvalue weighted by atomic mass is 35.5. The van der Waals surface area contributed by atoms with E-state index in [1.165, 1.54) is 6.33 Å². The molecule has 29 heavy (non-hydrogen) atoms. The summed E-state index contributed by atoms with van der Waals surface area (Å²) in [5, 5.41) is 9.82. The fourth-order valence-electron chi connectivity index (χ4n) is 2.68. The Morgan fingerprint density at radius 1 is 1.00 bits per heavy atom. The quantitative estimate of drug-likeness (QED) is 0.512. The number of fused-ring (bicyclic) bond motifs is 1. The monoisotopic (exact) mass is 435 g/mol. The maximum atomic E-state index is 11.7. The van der Waals surface area contributed by atoms with E-state index in [9.17, 15) is 4.79 Å². The van der Waals surface area contributed by atoms with Crippen LogP contribution in [-0.2, 0) is 0 Å². The highest BCUT2D eigenvalue weighted by Gasteiger charge is 2.14. The zero-order valence-corrected chi connectivity index (χ0v) is 17.5. The predicted molar refractivity (Wildman–Crippen MR) is 115 cm³/mol. The van der Waals surface area contributed by atoms with Gasteiger partial charge in [0, 0.05) is 18.0 Å². The summed E-state index contributed by atoms with van der Waals surface area (Å²) in [5.74, 6) is 1.62. The molecule has 152 valence electrons. The third-order valence-electron chi connectivity index (χ3n) is 4.04. The Morgan fingerprint density at radius 3 is 2.34 bits per heavy atom. The molecule has 0 atom stereocenters. The molecular formula is C19H19Cl2N5O3. The number of benzene rings is 2. The minimum atomic E-state index is -0.367. The van der Waals surface area contributed by atoms with Crippen LogP contribution in [0.5, 0.6) is 11.5 Å². The first kappa shape index (κ1) is 20.8. The van der Waals surface area contributed by atoms with Crippen LogP contribution in [-0.4, -0.2) is 36.8 Å². The molecule has 0 saturated heterocycles. The Bertz CT molecular complexity index is 1060. The maximum Gasteiger partial charge on any atom is 0.319 e. The fraction of sp³-hybridized carbons (Fsp3) is 0.211. The number of nitrogens with one attached hydrogen (secondary N) is 3. The topological polar surface area (TPSA) is 97.4 Å². The summed E-state index contributed by atoms with van der Waals surface area (Å²) in [6, 6.07) is 6.34.